The van der Waals surface area contributed by atoms with Gasteiger partial charge in [0.05, 0.1) is 54.9 Å². The molecule has 43 heavy (non-hydrogen) atoms. The third kappa shape index (κ3) is 5.47. The first-order chi connectivity index (χ1) is 21.1. The van der Waals surface area contributed by atoms with Gasteiger partial charge in [0, 0.05) is 31.9 Å². The number of morpholine rings is 1. The molecule has 2 fully saturated rings. The van der Waals surface area contributed by atoms with Crippen molar-refractivity contribution in [2.24, 2.45) is 0 Å². The minimum Gasteiger partial charge on any atom is -0.506 e. The van der Waals surface area contributed by atoms with Crippen LogP contribution in [-0.2, 0) is 17.8 Å². The second kappa shape index (κ2) is 11.6. The van der Waals surface area contributed by atoms with E-state index in [4.69, 9.17) is 16.3 Å². The van der Waals surface area contributed by atoms with Crippen molar-refractivity contribution in [3.05, 3.63) is 87.9 Å². The van der Waals surface area contributed by atoms with E-state index in [1.807, 2.05) is 33.4 Å². The Kier molecular flexibility index (Phi) is 7.30. The molecule has 0 radical (unpaired) electrons. The molecule has 1 saturated heterocycles. The molecule has 11 heteroatoms. The van der Waals surface area contributed by atoms with Crippen LogP contribution in [0, 0.1) is 6.57 Å². The zero-order valence-electron chi connectivity index (χ0n) is 23.9. The van der Waals surface area contributed by atoms with Crippen molar-refractivity contribution in [3.8, 4) is 5.75 Å². The van der Waals surface area contributed by atoms with Crippen molar-refractivity contribution in [2.45, 2.75) is 38.4 Å². The molecule has 1 aliphatic heterocycles. The summed E-state index contributed by atoms with van der Waals surface area (Å²) in [6, 6.07) is 15.1. The number of imidazole rings is 2. The van der Waals surface area contributed by atoms with Crippen LogP contribution in [0.5, 0.6) is 5.75 Å². The van der Waals surface area contributed by atoms with Gasteiger partial charge in [0.1, 0.15) is 11.4 Å². The predicted molar refractivity (Wildman–Crippen MR) is 165 cm³/mol. The maximum atomic E-state index is 13.6. The predicted octanol–water partition coefficient (Wildman–Crippen LogP) is 4.37. The molecular formula is C32H34N8O3. The summed E-state index contributed by atoms with van der Waals surface area (Å²) in [6.45, 7) is 13.4. The molecule has 5 aromatic rings. The fourth-order valence-corrected chi connectivity index (χ4v) is 5.95. The summed E-state index contributed by atoms with van der Waals surface area (Å²) in [6.07, 6.45) is 4.63. The van der Waals surface area contributed by atoms with E-state index < -0.39 is 0 Å². The summed E-state index contributed by atoms with van der Waals surface area (Å²) in [4.78, 5) is 29.0. The Morgan fingerprint density at radius 2 is 1.88 bits per heavy atom. The largest absolute Gasteiger partial charge is 0.506 e. The maximum Gasteiger partial charge on any atom is 0.329 e. The summed E-state index contributed by atoms with van der Waals surface area (Å²) in [5.41, 5.74) is 5.33. The molecule has 220 valence electrons. The number of nitrogens with one attached hydrogen (secondary N) is 1. The van der Waals surface area contributed by atoms with Crippen LogP contribution in [-0.4, -0.2) is 73.1 Å². The van der Waals surface area contributed by atoms with Gasteiger partial charge in [-0.25, -0.2) is 14.6 Å². The lowest BCUT2D eigenvalue weighted by Gasteiger charge is -2.26. The van der Waals surface area contributed by atoms with Crippen LogP contribution in [0.3, 0.4) is 0 Å². The highest BCUT2D eigenvalue weighted by atomic mass is 16.5. The minimum absolute atomic E-state index is 0.0470. The number of fused-ring (bicyclic) bond motifs is 2. The molecule has 2 N–H and O–H groups in total. The number of anilines is 1. The van der Waals surface area contributed by atoms with Crippen molar-refractivity contribution in [2.75, 3.05) is 44.7 Å². The molecule has 0 amide bonds. The molecule has 1 saturated carbocycles. The first-order valence-corrected chi connectivity index (χ1v) is 14.9. The van der Waals surface area contributed by atoms with E-state index in [1.54, 1.807) is 29.0 Å². The molecule has 0 bridgehead atoms. The first-order valence-electron chi connectivity index (χ1n) is 14.9. The number of ether oxygens (including phenoxy) is 1. The van der Waals surface area contributed by atoms with Gasteiger partial charge >= 0.3 is 5.69 Å². The average Bonchev–Trinajstić information content (AvgIpc) is 3.76. The van der Waals surface area contributed by atoms with Crippen molar-refractivity contribution in [1.29, 1.82) is 0 Å². The van der Waals surface area contributed by atoms with Gasteiger partial charge in [0.25, 0.3) is 0 Å². The van der Waals surface area contributed by atoms with E-state index in [0.29, 0.717) is 30.4 Å². The highest BCUT2D eigenvalue weighted by Gasteiger charge is 2.29. The van der Waals surface area contributed by atoms with Crippen LogP contribution in [0.25, 0.3) is 26.9 Å². The second-order valence-corrected chi connectivity index (χ2v) is 11.3. The Labute approximate surface area is 248 Å². The second-order valence-electron chi connectivity index (χ2n) is 11.3. The number of nitrogens with zero attached hydrogens (tertiary/aromatic N) is 7. The van der Waals surface area contributed by atoms with Crippen molar-refractivity contribution in [3.63, 3.8) is 0 Å². The number of hydrogen-bond donors (Lipinski definition) is 2. The van der Waals surface area contributed by atoms with Crippen LogP contribution in [0.4, 0.5) is 11.6 Å². The Morgan fingerprint density at radius 1 is 1.02 bits per heavy atom. The van der Waals surface area contributed by atoms with E-state index in [9.17, 15) is 9.90 Å². The van der Waals surface area contributed by atoms with Crippen molar-refractivity contribution >= 4 is 33.7 Å². The zero-order chi connectivity index (χ0) is 29.3. The average molecular weight is 579 g/mol. The van der Waals surface area contributed by atoms with E-state index in [-0.39, 0.29) is 17.5 Å². The Bertz CT molecular complexity index is 1890. The van der Waals surface area contributed by atoms with Crippen LogP contribution in [0.15, 0.2) is 59.5 Å². The van der Waals surface area contributed by atoms with Gasteiger partial charge in [0.15, 0.2) is 5.69 Å². The van der Waals surface area contributed by atoms with Crippen LogP contribution < -0.4 is 11.0 Å². The lowest BCUT2D eigenvalue weighted by molar-refractivity contribution is 0.0378. The van der Waals surface area contributed by atoms with E-state index in [1.165, 1.54) is 0 Å². The maximum absolute atomic E-state index is 13.6. The number of hydrogen-bond acceptors (Lipinski definition) is 7. The number of benzene rings is 2. The zero-order valence-corrected chi connectivity index (χ0v) is 23.9. The Morgan fingerprint density at radius 3 is 2.67 bits per heavy atom. The van der Waals surface area contributed by atoms with Gasteiger partial charge in [-0.3, -0.25) is 19.0 Å². The first kappa shape index (κ1) is 27.2. The molecule has 0 atom stereocenters. The fraction of sp³-hybridized carbons (Fsp3) is 0.375. The summed E-state index contributed by atoms with van der Waals surface area (Å²) >= 11 is 0. The molecule has 0 unspecified atom stereocenters. The van der Waals surface area contributed by atoms with E-state index in [0.717, 1.165) is 86.3 Å². The molecule has 2 aromatic carbocycles. The highest BCUT2D eigenvalue weighted by molar-refractivity contribution is 5.82. The van der Waals surface area contributed by atoms with Crippen molar-refractivity contribution in [1.82, 2.24) is 28.6 Å². The minimum atomic E-state index is -0.0470. The molecule has 3 aromatic heterocycles. The van der Waals surface area contributed by atoms with Gasteiger partial charge in [0.2, 0.25) is 5.95 Å². The molecular weight excluding hydrogens is 544 g/mol. The van der Waals surface area contributed by atoms with Gasteiger partial charge in [-0.05, 0) is 67.8 Å². The van der Waals surface area contributed by atoms with Gasteiger partial charge in [-0.15, -0.1) is 0 Å². The monoisotopic (exact) mass is 578 g/mol. The van der Waals surface area contributed by atoms with Crippen LogP contribution in [0.2, 0.25) is 0 Å². The van der Waals surface area contributed by atoms with Gasteiger partial charge < -0.3 is 19.7 Å². The van der Waals surface area contributed by atoms with Crippen LogP contribution in [0.1, 0.15) is 36.6 Å². The molecule has 7 rings (SSSR count). The standard InChI is InChI=1S/C32H34N8O3/c1-33-23-6-10-27-29(19-23)39(32(42)40(27)24-7-8-24)20-22-5-9-25-28(18-22)38(21-26-30(41)4-2-11-34-26)31(36-25)35-12-3-13-37-14-16-43-17-15-37/h2,4-6,9-11,18-19,24,41H,3,7-8,12-17,20-21H2,(H,35,36). The van der Waals surface area contributed by atoms with E-state index in [2.05, 4.69) is 26.1 Å². The third-order valence-corrected chi connectivity index (χ3v) is 8.35. The molecule has 0 spiro atoms. The number of pyridine rings is 1. The molecule has 2 aliphatic rings. The van der Waals surface area contributed by atoms with Gasteiger partial charge in [-0.2, -0.15) is 0 Å². The molecule has 1 aliphatic carbocycles. The molecule has 4 heterocycles. The fourth-order valence-electron chi connectivity index (χ4n) is 5.95. The highest BCUT2D eigenvalue weighted by Crippen LogP contribution is 2.37. The number of aromatic hydroxyl groups is 1. The topological polar surface area (TPSA) is 107 Å². The number of aromatic nitrogens is 5. The normalized spacial score (nSPS) is 15.7. The Hall–Kier alpha value is -4.66. The van der Waals surface area contributed by atoms with Crippen molar-refractivity contribution < 1.29 is 9.84 Å². The molecule has 11 nitrogen and oxygen atoms in total. The summed E-state index contributed by atoms with van der Waals surface area (Å²) < 4.78 is 11.2. The lowest BCUT2D eigenvalue weighted by Crippen LogP contribution is -2.37. The Balaban J connectivity index is 1.22. The smallest absolute Gasteiger partial charge is 0.329 e. The van der Waals surface area contributed by atoms with Gasteiger partial charge in [-0.1, -0.05) is 12.1 Å². The lowest BCUT2D eigenvalue weighted by atomic mass is 10.2. The third-order valence-electron chi connectivity index (χ3n) is 8.35. The number of rotatable bonds is 10. The summed E-state index contributed by atoms with van der Waals surface area (Å²) in [5, 5.41) is 14.0. The van der Waals surface area contributed by atoms with E-state index >= 15 is 0 Å². The summed E-state index contributed by atoms with van der Waals surface area (Å²) in [7, 11) is 0. The summed E-state index contributed by atoms with van der Waals surface area (Å²) in [5.74, 6) is 0.845. The quantitative estimate of drug-likeness (QED) is 0.187. The van der Waals surface area contributed by atoms with Crippen LogP contribution >= 0.6 is 0 Å². The SMILES string of the molecule is [C-]#[N+]c1ccc2c(c1)n(Cc1ccc3nc(NCCCN4CCOCC4)n(Cc4ncccc4O)c3c1)c(=O)n2C1CC1.